The van der Waals surface area contributed by atoms with Crippen molar-refractivity contribution in [3.8, 4) is 0 Å². The number of hydrogen-bond donors (Lipinski definition) is 2. The molecule has 0 radical (unpaired) electrons. The lowest BCUT2D eigenvalue weighted by atomic mass is 9.97. The minimum absolute atomic E-state index is 0.197. The van der Waals surface area contributed by atoms with E-state index in [1.54, 1.807) is 0 Å². The molecule has 0 spiro atoms. The zero-order chi connectivity index (χ0) is 13.1. The number of nitrogens with two attached hydrogens (primary N) is 1. The first-order chi connectivity index (χ1) is 8.63. The van der Waals surface area contributed by atoms with Gasteiger partial charge in [-0.3, -0.25) is 5.84 Å². The summed E-state index contributed by atoms with van der Waals surface area (Å²) >= 11 is 0. The van der Waals surface area contributed by atoms with Gasteiger partial charge in [0.2, 0.25) is 0 Å². The summed E-state index contributed by atoms with van der Waals surface area (Å²) in [4.78, 5) is 0. The molecule has 1 atom stereocenters. The largest absolute Gasteiger partial charge is 0.271 e. The van der Waals surface area contributed by atoms with Gasteiger partial charge in [0.15, 0.2) is 11.6 Å². The number of rotatable bonds is 3. The van der Waals surface area contributed by atoms with Gasteiger partial charge in [-0.05, 0) is 18.6 Å². The predicted octanol–water partition coefficient (Wildman–Crippen LogP) is 2.83. The van der Waals surface area contributed by atoms with Gasteiger partial charge < -0.3 is 0 Å². The predicted molar refractivity (Wildman–Crippen MR) is 66.7 cm³/mol. The van der Waals surface area contributed by atoms with Gasteiger partial charge in [0, 0.05) is 5.56 Å². The summed E-state index contributed by atoms with van der Waals surface area (Å²) < 4.78 is 27.0. The van der Waals surface area contributed by atoms with Crippen LogP contribution in [0, 0.1) is 18.6 Å². The normalized spacial score (nSPS) is 12.4. The Labute approximate surface area is 104 Å². The van der Waals surface area contributed by atoms with E-state index in [2.05, 4.69) is 5.43 Å². The summed E-state index contributed by atoms with van der Waals surface area (Å²) in [7, 11) is 0. The maximum Gasteiger partial charge on any atom is 0.163 e. The fourth-order valence-corrected chi connectivity index (χ4v) is 1.96. The first kappa shape index (κ1) is 12.7. The van der Waals surface area contributed by atoms with Crippen molar-refractivity contribution in [1.82, 2.24) is 5.43 Å². The van der Waals surface area contributed by atoms with Gasteiger partial charge in [0.05, 0.1) is 6.04 Å². The van der Waals surface area contributed by atoms with Gasteiger partial charge in [-0.15, -0.1) is 0 Å². The molecule has 94 valence electrons. The summed E-state index contributed by atoms with van der Waals surface area (Å²) in [6.45, 7) is 1.93. The van der Waals surface area contributed by atoms with E-state index < -0.39 is 17.7 Å². The second-order valence-electron chi connectivity index (χ2n) is 4.16. The molecule has 0 amide bonds. The van der Waals surface area contributed by atoms with Crippen molar-refractivity contribution >= 4 is 0 Å². The van der Waals surface area contributed by atoms with E-state index in [-0.39, 0.29) is 5.56 Å². The van der Waals surface area contributed by atoms with Crippen LogP contribution < -0.4 is 11.3 Å². The van der Waals surface area contributed by atoms with Crippen LogP contribution in [0.5, 0.6) is 0 Å². The highest BCUT2D eigenvalue weighted by Crippen LogP contribution is 2.25. The summed E-state index contributed by atoms with van der Waals surface area (Å²) in [5.41, 5.74) is 4.55. The molecule has 18 heavy (non-hydrogen) atoms. The topological polar surface area (TPSA) is 38.0 Å². The molecular weight excluding hydrogens is 234 g/mol. The molecule has 2 nitrogen and oxygen atoms in total. The first-order valence-corrected chi connectivity index (χ1v) is 5.60. The van der Waals surface area contributed by atoms with E-state index in [4.69, 9.17) is 5.84 Å². The number of aryl methyl sites for hydroxylation is 1. The number of hydrogen-bond acceptors (Lipinski definition) is 2. The van der Waals surface area contributed by atoms with E-state index in [9.17, 15) is 8.78 Å². The van der Waals surface area contributed by atoms with Crippen LogP contribution in [0.4, 0.5) is 8.78 Å². The molecule has 4 heteroatoms. The molecule has 0 heterocycles. The van der Waals surface area contributed by atoms with Crippen molar-refractivity contribution in [2.75, 3.05) is 0 Å². The highest BCUT2D eigenvalue weighted by atomic mass is 19.2. The average Bonchev–Trinajstić information content (AvgIpc) is 2.35. The van der Waals surface area contributed by atoms with Crippen molar-refractivity contribution in [2.24, 2.45) is 5.84 Å². The van der Waals surface area contributed by atoms with E-state index in [1.165, 1.54) is 12.1 Å². The summed E-state index contributed by atoms with van der Waals surface area (Å²) in [6, 6.07) is 11.0. The van der Waals surface area contributed by atoms with Gasteiger partial charge in [-0.1, -0.05) is 42.0 Å². The lowest BCUT2D eigenvalue weighted by Gasteiger charge is -2.18. The summed E-state index contributed by atoms with van der Waals surface area (Å²) in [5, 5.41) is 0. The maximum absolute atomic E-state index is 13.8. The third-order valence-corrected chi connectivity index (χ3v) is 2.83. The van der Waals surface area contributed by atoms with Crippen LogP contribution in [0.15, 0.2) is 42.5 Å². The van der Waals surface area contributed by atoms with Crippen molar-refractivity contribution in [2.45, 2.75) is 13.0 Å². The molecule has 0 aliphatic heterocycles. The molecule has 1 unspecified atom stereocenters. The monoisotopic (exact) mass is 248 g/mol. The van der Waals surface area contributed by atoms with E-state index in [0.717, 1.165) is 17.2 Å². The van der Waals surface area contributed by atoms with Crippen LogP contribution in [0.3, 0.4) is 0 Å². The molecule has 0 fully saturated rings. The van der Waals surface area contributed by atoms with Gasteiger partial charge in [-0.25, -0.2) is 14.2 Å². The first-order valence-electron chi connectivity index (χ1n) is 5.60. The molecule has 2 aromatic carbocycles. The number of hydrazine groups is 1. The van der Waals surface area contributed by atoms with Crippen molar-refractivity contribution in [1.29, 1.82) is 0 Å². The van der Waals surface area contributed by atoms with E-state index in [0.29, 0.717) is 0 Å². The Kier molecular flexibility index (Phi) is 3.69. The number of nitrogens with one attached hydrogen (secondary N) is 1. The van der Waals surface area contributed by atoms with E-state index in [1.807, 2.05) is 31.2 Å². The molecule has 0 aliphatic carbocycles. The van der Waals surface area contributed by atoms with Gasteiger partial charge in [0.25, 0.3) is 0 Å². The molecule has 0 aliphatic rings. The minimum Gasteiger partial charge on any atom is -0.271 e. The van der Waals surface area contributed by atoms with Crippen LogP contribution in [0.2, 0.25) is 0 Å². The third kappa shape index (κ3) is 2.39. The quantitative estimate of drug-likeness (QED) is 0.647. The Bertz CT molecular complexity index is 555. The summed E-state index contributed by atoms with van der Waals surface area (Å²) in [5.74, 6) is 3.72. The van der Waals surface area contributed by atoms with Crippen LogP contribution in [0.1, 0.15) is 22.7 Å². The third-order valence-electron chi connectivity index (χ3n) is 2.83. The van der Waals surface area contributed by atoms with Crippen molar-refractivity contribution in [3.05, 3.63) is 70.8 Å². The lowest BCUT2D eigenvalue weighted by molar-refractivity contribution is 0.483. The van der Waals surface area contributed by atoms with Gasteiger partial charge >= 0.3 is 0 Å². The van der Waals surface area contributed by atoms with Crippen LogP contribution in [-0.4, -0.2) is 0 Å². The smallest absolute Gasteiger partial charge is 0.163 e. The molecule has 3 N–H and O–H groups in total. The fraction of sp³-hybridized carbons (Fsp3) is 0.143. The molecule has 0 bridgehead atoms. The lowest BCUT2D eigenvalue weighted by Crippen LogP contribution is -2.29. The zero-order valence-electron chi connectivity index (χ0n) is 9.95. The maximum atomic E-state index is 13.8. The Morgan fingerprint density at radius 1 is 1.11 bits per heavy atom. The molecule has 0 saturated heterocycles. The Morgan fingerprint density at radius 2 is 1.83 bits per heavy atom. The van der Waals surface area contributed by atoms with Crippen molar-refractivity contribution in [3.63, 3.8) is 0 Å². The zero-order valence-corrected chi connectivity index (χ0v) is 9.95. The second-order valence-corrected chi connectivity index (χ2v) is 4.16. The minimum atomic E-state index is -0.875. The van der Waals surface area contributed by atoms with Gasteiger partial charge in [0.1, 0.15) is 0 Å². The van der Waals surface area contributed by atoms with Crippen molar-refractivity contribution < 1.29 is 8.78 Å². The molecule has 2 rings (SSSR count). The Morgan fingerprint density at radius 3 is 2.50 bits per heavy atom. The number of benzene rings is 2. The van der Waals surface area contributed by atoms with Crippen LogP contribution in [0.25, 0.3) is 0 Å². The Hall–Kier alpha value is -1.78. The second kappa shape index (κ2) is 5.25. The van der Waals surface area contributed by atoms with Crippen LogP contribution in [-0.2, 0) is 0 Å². The highest BCUT2D eigenvalue weighted by Gasteiger charge is 2.18. The molecule has 0 aromatic heterocycles. The Balaban J connectivity index is 2.49. The average molecular weight is 248 g/mol. The molecule has 0 saturated carbocycles. The standard InChI is InChI=1S/C14H14F2N2/c1-9-4-2-5-10(8-9)14(18-17)11-6-3-7-12(15)13(11)16/h2-8,14,18H,17H2,1H3. The summed E-state index contributed by atoms with van der Waals surface area (Å²) in [6.07, 6.45) is 0. The van der Waals surface area contributed by atoms with E-state index >= 15 is 0 Å². The van der Waals surface area contributed by atoms with Crippen LogP contribution >= 0.6 is 0 Å². The number of halogens is 2. The molecule has 2 aromatic rings. The highest BCUT2D eigenvalue weighted by molar-refractivity contribution is 5.34. The molecular formula is C14H14F2N2. The van der Waals surface area contributed by atoms with Gasteiger partial charge in [-0.2, -0.15) is 0 Å². The SMILES string of the molecule is Cc1cccc(C(NN)c2cccc(F)c2F)c1. The fourth-order valence-electron chi connectivity index (χ4n) is 1.96.